The summed E-state index contributed by atoms with van der Waals surface area (Å²) in [6, 6.07) is 0. The smallest absolute Gasteiger partial charge is 0.345 e. The standard InChI is InChI=1S/C7H7NO4/c9-5(10)7(6(11)12)3-1-2-4-8-7/h1-4,8H,(H,9,10)(H,11,12). The van der Waals surface area contributed by atoms with E-state index in [0.717, 1.165) is 6.08 Å². The third-order valence-corrected chi connectivity index (χ3v) is 1.54. The zero-order valence-electron chi connectivity index (χ0n) is 6.02. The van der Waals surface area contributed by atoms with Gasteiger partial charge < -0.3 is 15.5 Å². The van der Waals surface area contributed by atoms with E-state index in [1.807, 2.05) is 0 Å². The minimum atomic E-state index is -2.01. The topological polar surface area (TPSA) is 86.6 Å². The summed E-state index contributed by atoms with van der Waals surface area (Å²) in [6.07, 6.45) is 5.25. The van der Waals surface area contributed by atoms with Crippen LogP contribution in [0.2, 0.25) is 0 Å². The van der Waals surface area contributed by atoms with Crippen LogP contribution in [0, 0.1) is 0 Å². The molecule has 0 aromatic heterocycles. The fourth-order valence-corrected chi connectivity index (χ4v) is 0.841. The predicted octanol–water partition coefficient (Wildman–Crippen LogP) is -0.433. The summed E-state index contributed by atoms with van der Waals surface area (Å²) < 4.78 is 0. The van der Waals surface area contributed by atoms with Crippen LogP contribution in [0.15, 0.2) is 24.4 Å². The lowest BCUT2D eigenvalue weighted by molar-refractivity contribution is -0.155. The van der Waals surface area contributed by atoms with Crippen LogP contribution in [0.4, 0.5) is 0 Å². The summed E-state index contributed by atoms with van der Waals surface area (Å²) in [5.41, 5.74) is -2.01. The maximum Gasteiger partial charge on any atom is 0.345 e. The first kappa shape index (κ1) is 8.32. The summed E-state index contributed by atoms with van der Waals surface area (Å²) in [5.74, 6) is -2.87. The van der Waals surface area contributed by atoms with Crippen LogP contribution in [0.5, 0.6) is 0 Å². The average Bonchev–Trinajstić information content (AvgIpc) is 2.05. The third-order valence-electron chi connectivity index (χ3n) is 1.54. The van der Waals surface area contributed by atoms with Crippen molar-refractivity contribution >= 4 is 11.9 Å². The molecule has 0 bridgehead atoms. The van der Waals surface area contributed by atoms with E-state index in [1.165, 1.54) is 18.4 Å². The van der Waals surface area contributed by atoms with Crippen molar-refractivity contribution < 1.29 is 19.8 Å². The first-order valence-electron chi connectivity index (χ1n) is 3.18. The molecule has 0 radical (unpaired) electrons. The average molecular weight is 169 g/mol. The molecule has 64 valence electrons. The number of hydrogen-bond acceptors (Lipinski definition) is 3. The van der Waals surface area contributed by atoms with Crippen LogP contribution in [0.1, 0.15) is 0 Å². The monoisotopic (exact) mass is 169 g/mol. The van der Waals surface area contributed by atoms with E-state index in [9.17, 15) is 9.59 Å². The van der Waals surface area contributed by atoms with Crippen LogP contribution < -0.4 is 5.32 Å². The molecule has 1 aliphatic rings. The van der Waals surface area contributed by atoms with Gasteiger partial charge in [0.15, 0.2) is 0 Å². The SMILES string of the molecule is O=C(O)C1(C(=O)O)C=CC=CN1. The molecule has 12 heavy (non-hydrogen) atoms. The minimum Gasteiger partial charge on any atom is -0.479 e. The first-order chi connectivity index (χ1) is 5.59. The molecule has 1 rings (SSSR count). The Kier molecular flexibility index (Phi) is 1.86. The fourth-order valence-electron chi connectivity index (χ4n) is 0.841. The number of carboxylic acids is 2. The van der Waals surface area contributed by atoms with E-state index < -0.39 is 17.5 Å². The molecule has 0 atom stereocenters. The Balaban J connectivity index is 3.04. The van der Waals surface area contributed by atoms with Gasteiger partial charge in [-0.3, -0.25) is 0 Å². The summed E-state index contributed by atoms with van der Waals surface area (Å²) in [5, 5.41) is 19.5. The Morgan fingerprint density at radius 3 is 2.00 bits per heavy atom. The molecule has 1 heterocycles. The lowest BCUT2D eigenvalue weighted by atomic mass is 9.98. The van der Waals surface area contributed by atoms with Crippen LogP contribution in [0.3, 0.4) is 0 Å². The largest absolute Gasteiger partial charge is 0.479 e. The molecular weight excluding hydrogens is 162 g/mol. The normalized spacial score (nSPS) is 18.3. The van der Waals surface area contributed by atoms with Crippen LogP contribution >= 0.6 is 0 Å². The maximum absolute atomic E-state index is 10.6. The predicted molar refractivity (Wildman–Crippen MR) is 39.4 cm³/mol. The zero-order chi connectivity index (χ0) is 9.19. The number of nitrogens with one attached hydrogen (secondary N) is 1. The minimum absolute atomic E-state index is 1.08. The molecule has 0 spiro atoms. The molecule has 0 saturated heterocycles. The molecule has 3 N–H and O–H groups in total. The van der Waals surface area contributed by atoms with Crippen molar-refractivity contribution in [2.45, 2.75) is 5.54 Å². The van der Waals surface area contributed by atoms with Gasteiger partial charge in [-0.2, -0.15) is 0 Å². The Morgan fingerprint density at radius 1 is 1.17 bits per heavy atom. The second-order valence-corrected chi connectivity index (χ2v) is 2.28. The molecular formula is C7H7NO4. The number of dihydropyridines is 1. The van der Waals surface area contributed by atoms with E-state index in [2.05, 4.69) is 5.32 Å². The van der Waals surface area contributed by atoms with Gasteiger partial charge >= 0.3 is 11.9 Å². The van der Waals surface area contributed by atoms with Crippen LogP contribution in [-0.2, 0) is 9.59 Å². The highest BCUT2D eigenvalue weighted by molar-refractivity contribution is 6.06. The fraction of sp³-hybridized carbons (Fsp3) is 0.143. The van der Waals surface area contributed by atoms with Gasteiger partial charge in [-0.15, -0.1) is 0 Å². The van der Waals surface area contributed by atoms with Crippen molar-refractivity contribution in [1.29, 1.82) is 0 Å². The van der Waals surface area contributed by atoms with Crippen LogP contribution in [-0.4, -0.2) is 27.7 Å². The Bertz CT molecular complexity index is 265. The maximum atomic E-state index is 10.6. The van der Waals surface area contributed by atoms with Gasteiger partial charge in [0.25, 0.3) is 5.54 Å². The number of allylic oxidation sites excluding steroid dienone is 2. The van der Waals surface area contributed by atoms with Crippen molar-refractivity contribution in [2.24, 2.45) is 0 Å². The molecule has 5 nitrogen and oxygen atoms in total. The summed E-state index contributed by atoms with van der Waals surface area (Å²) in [7, 11) is 0. The van der Waals surface area contributed by atoms with E-state index >= 15 is 0 Å². The molecule has 0 aromatic carbocycles. The van der Waals surface area contributed by atoms with Gasteiger partial charge in [0, 0.05) is 0 Å². The third kappa shape index (κ3) is 1.05. The van der Waals surface area contributed by atoms with E-state index in [0.29, 0.717) is 0 Å². The van der Waals surface area contributed by atoms with Crippen molar-refractivity contribution in [2.75, 3.05) is 0 Å². The van der Waals surface area contributed by atoms with Gasteiger partial charge in [-0.05, 0) is 18.4 Å². The highest BCUT2D eigenvalue weighted by atomic mass is 16.4. The quantitative estimate of drug-likeness (QED) is 0.488. The first-order valence-corrected chi connectivity index (χ1v) is 3.18. The Morgan fingerprint density at radius 2 is 1.75 bits per heavy atom. The van der Waals surface area contributed by atoms with Gasteiger partial charge in [-0.1, -0.05) is 6.08 Å². The van der Waals surface area contributed by atoms with Gasteiger partial charge in [0.05, 0.1) is 0 Å². The van der Waals surface area contributed by atoms with Gasteiger partial charge in [0.1, 0.15) is 0 Å². The Labute approximate surface area is 68.0 Å². The van der Waals surface area contributed by atoms with Crippen molar-refractivity contribution in [1.82, 2.24) is 5.32 Å². The van der Waals surface area contributed by atoms with Gasteiger partial charge in [0.2, 0.25) is 0 Å². The molecule has 0 unspecified atom stereocenters. The molecule has 0 amide bonds. The van der Waals surface area contributed by atoms with Gasteiger partial charge in [-0.25, -0.2) is 9.59 Å². The number of rotatable bonds is 2. The van der Waals surface area contributed by atoms with Crippen molar-refractivity contribution in [3.05, 3.63) is 24.4 Å². The lowest BCUT2D eigenvalue weighted by Crippen LogP contribution is -2.55. The number of hydrogen-bond donors (Lipinski definition) is 3. The zero-order valence-corrected chi connectivity index (χ0v) is 6.02. The molecule has 1 aliphatic heterocycles. The van der Waals surface area contributed by atoms with Crippen LogP contribution in [0.25, 0.3) is 0 Å². The number of carbonyl (C=O) groups is 2. The number of carboxylic acid groups (broad SMARTS) is 2. The van der Waals surface area contributed by atoms with Crippen molar-refractivity contribution in [3.63, 3.8) is 0 Å². The summed E-state index contributed by atoms with van der Waals surface area (Å²) >= 11 is 0. The highest BCUT2D eigenvalue weighted by Crippen LogP contribution is 2.11. The van der Waals surface area contributed by atoms with E-state index in [1.54, 1.807) is 0 Å². The lowest BCUT2D eigenvalue weighted by Gasteiger charge is -2.22. The molecule has 0 fully saturated rings. The molecule has 0 aliphatic carbocycles. The molecule has 0 saturated carbocycles. The molecule has 5 heteroatoms. The molecule has 0 aromatic rings. The summed E-state index contributed by atoms with van der Waals surface area (Å²) in [4.78, 5) is 21.2. The van der Waals surface area contributed by atoms with Crippen molar-refractivity contribution in [3.8, 4) is 0 Å². The Hall–Kier alpha value is -1.78. The van der Waals surface area contributed by atoms with E-state index in [-0.39, 0.29) is 0 Å². The second-order valence-electron chi connectivity index (χ2n) is 2.28. The highest BCUT2D eigenvalue weighted by Gasteiger charge is 2.44. The second kappa shape index (κ2) is 2.69. The summed E-state index contributed by atoms with van der Waals surface area (Å²) in [6.45, 7) is 0. The van der Waals surface area contributed by atoms with E-state index in [4.69, 9.17) is 10.2 Å². The number of aliphatic carboxylic acids is 2.